The number of hydrogen-bond acceptors (Lipinski definition) is 5. The number of aromatic nitrogens is 3. The fourth-order valence-electron chi connectivity index (χ4n) is 1.70. The predicted octanol–water partition coefficient (Wildman–Crippen LogP) is 1.01. The third kappa shape index (κ3) is 2.66. The Morgan fingerprint density at radius 2 is 1.95 bits per heavy atom. The van der Waals surface area contributed by atoms with Crippen LogP contribution in [0.3, 0.4) is 0 Å². The smallest absolute Gasteiger partial charge is 0.361 e. The van der Waals surface area contributed by atoms with Crippen LogP contribution in [-0.4, -0.2) is 40.9 Å². The Kier molecular flexibility index (Phi) is 4.09. The number of nitrogens with zero attached hydrogens (tertiary/aromatic N) is 2. The van der Waals surface area contributed by atoms with Gasteiger partial charge in [-0.05, 0) is 19.1 Å². The molecule has 20 heavy (non-hydrogen) atoms. The van der Waals surface area contributed by atoms with Crippen LogP contribution in [0.4, 0.5) is 0 Å². The Hall–Kier alpha value is -2.70. The average Bonchev–Trinajstić information content (AvgIpc) is 2.96. The van der Waals surface area contributed by atoms with Crippen molar-refractivity contribution in [2.75, 3.05) is 13.7 Å². The van der Waals surface area contributed by atoms with Crippen LogP contribution >= 0.6 is 0 Å². The first-order valence-electron chi connectivity index (χ1n) is 6.07. The number of amides is 1. The summed E-state index contributed by atoms with van der Waals surface area (Å²) in [6.07, 6.45) is 0. The zero-order chi connectivity index (χ0) is 14.5. The summed E-state index contributed by atoms with van der Waals surface area (Å²) in [5.41, 5.74) is 1.72. The van der Waals surface area contributed by atoms with Crippen molar-refractivity contribution in [1.82, 2.24) is 20.7 Å². The van der Waals surface area contributed by atoms with Crippen molar-refractivity contribution in [2.45, 2.75) is 6.92 Å². The number of benzene rings is 1. The molecule has 0 aliphatic rings. The first-order valence-corrected chi connectivity index (χ1v) is 6.07. The number of carbonyl (C=O) groups excluding carboxylic acids is 2. The van der Waals surface area contributed by atoms with Crippen LogP contribution in [0.25, 0.3) is 11.3 Å². The lowest BCUT2D eigenvalue weighted by Gasteiger charge is -2.03. The fourth-order valence-corrected chi connectivity index (χ4v) is 1.70. The lowest BCUT2D eigenvalue weighted by Crippen LogP contribution is -2.17. The number of nitrogens with one attached hydrogen (secondary N) is 2. The number of rotatable bonds is 4. The molecular weight excluding hydrogens is 260 g/mol. The van der Waals surface area contributed by atoms with Crippen molar-refractivity contribution in [3.05, 3.63) is 35.5 Å². The van der Waals surface area contributed by atoms with E-state index in [-0.39, 0.29) is 18.2 Å². The quantitative estimate of drug-likeness (QED) is 0.811. The lowest BCUT2D eigenvalue weighted by molar-refractivity contribution is 0.0520. The second-order valence-electron chi connectivity index (χ2n) is 3.90. The van der Waals surface area contributed by atoms with E-state index < -0.39 is 5.97 Å². The Balaban J connectivity index is 2.31. The molecule has 1 aromatic heterocycles. The van der Waals surface area contributed by atoms with E-state index >= 15 is 0 Å². The normalized spacial score (nSPS) is 10.1. The highest BCUT2D eigenvalue weighted by molar-refractivity contribution is 5.96. The van der Waals surface area contributed by atoms with Gasteiger partial charge in [0, 0.05) is 18.2 Å². The maximum atomic E-state index is 11.7. The van der Waals surface area contributed by atoms with Gasteiger partial charge in [-0.3, -0.25) is 4.79 Å². The maximum absolute atomic E-state index is 11.7. The molecule has 1 aromatic carbocycles. The molecule has 0 aliphatic heterocycles. The maximum Gasteiger partial charge on any atom is 0.361 e. The van der Waals surface area contributed by atoms with Gasteiger partial charge >= 0.3 is 5.97 Å². The van der Waals surface area contributed by atoms with Crippen LogP contribution in [0, 0.1) is 0 Å². The van der Waals surface area contributed by atoms with E-state index in [1.807, 2.05) is 0 Å². The van der Waals surface area contributed by atoms with Gasteiger partial charge < -0.3 is 10.1 Å². The van der Waals surface area contributed by atoms with Gasteiger partial charge in [0.1, 0.15) is 5.69 Å². The Bertz CT molecular complexity index is 619. The summed E-state index contributed by atoms with van der Waals surface area (Å²) < 4.78 is 4.90. The zero-order valence-corrected chi connectivity index (χ0v) is 11.1. The van der Waals surface area contributed by atoms with Gasteiger partial charge in [-0.15, -0.1) is 5.10 Å². The Labute approximate surface area is 115 Å². The van der Waals surface area contributed by atoms with Gasteiger partial charge in [0.25, 0.3) is 5.91 Å². The largest absolute Gasteiger partial charge is 0.461 e. The minimum Gasteiger partial charge on any atom is -0.461 e. The predicted molar refractivity (Wildman–Crippen MR) is 71.2 cm³/mol. The van der Waals surface area contributed by atoms with Crippen molar-refractivity contribution in [2.24, 2.45) is 0 Å². The second kappa shape index (κ2) is 5.96. The molecule has 0 bridgehead atoms. The van der Waals surface area contributed by atoms with Gasteiger partial charge in [-0.2, -0.15) is 10.3 Å². The first-order chi connectivity index (χ1) is 9.67. The number of carbonyl (C=O) groups is 2. The average molecular weight is 274 g/mol. The topological polar surface area (TPSA) is 97.0 Å². The van der Waals surface area contributed by atoms with Crippen molar-refractivity contribution >= 4 is 11.9 Å². The van der Waals surface area contributed by atoms with Gasteiger partial charge in [0.05, 0.1) is 6.61 Å². The summed E-state index contributed by atoms with van der Waals surface area (Å²) in [7, 11) is 1.56. The molecule has 7 heteroatoms. The summed E-state index contributed by atoms with van der Waals surface area (Å²) in [4.78, 5) is 23.2. The van der Waals surface area contributed by atoms with Crippen molar-refractivity contribution in [3.8, 4) is 11.3 Å². The van der Waals surface area contributed by atoms with Crippen LogP contribution < -0.4 is 5.32 Å². The van der Waals surface area contributed by atoms with Gasteiger partial charge in [-0.25, -0.2) is 4.79 Å². The van der Waals surface area contributed by atoms with E-state index in [9.17, 15) is 9.59 Å². The molecule has 0 atom stereocenters. The van der Waals surface area contributed by atoms with E-state index in [0.717, 1.165) is 0 Å². The molecule has 0 radical (unpaired) electrons. The SMILES string of the molecule is CCOC(=O)c1n[nH]nc1-c1ccc(C(=O)NC)cc1. The van der Waals surface area contributed by atoms with Gasteiger partial charge in [-0.1, -0.05) is 12.1 Å². The van der Waals surface area contributed by atoms with Gasteiger partial charge in [0.2, 0.25) is 0 Å². The molecule has 0 unspecified atom stereocenters. The van der Waals surface area contributed by atoms with E-state index in [1.54, 1.807) is 38.2 Å². The third-order valence-electron chi connectivity index (χ3n) is 2.66. The fraction of sp³-hybridized carbons (Fsp3) is 0.231. The molecule has 0 spiro atoms. The van der Waals surface area contributed by atoms with E-state index in [2.05, 4.69) is 20.7 Å². The minimum atomic E-state index is -0.536. The van der Waals surface area contributed by atoms with E-state index in [4.69, 9.17) is 4.74 Å². The third-order valence-corrected chi connectivity index (χ3v) is 2.66. The number of esters is 1. The molecule has 2 N–H and O–H groups in total. The highest BCUT2D eigenvalue weighted by atomic mass is 16.5. The highest BCUT2D eigenvalue weighted by Crippen LogP contribution is 2.20. The van der Waals surface area contributed by atoms with Gasteiger partial charge in [0.15, 0.2) is 5.69 Å². The zero-order valence-electron chi connectivity index (χ0n) is 11.1. The number of H-pyrrole nitrogens is 1. The number of ether oxygens (including phenoxy) is 1. The standard InChI is InChI=1S/C13H14N4O3/c1-3-20-13(19)11-10(15-17-16-11)8-4-6-9(7-5-8)12(18)14-2/h4-7H,3H2,1-2H3,(H,14,18)(H,15,16,17). The summed E-state index contributed by atoms with van der Waals surface area (Å²) >= 11 is 0. The lowest BCUT2D eigenvalue weighted by atomic mass is 10.1. The summed E-state index contributed by atoms with van der Waals surface area (Å²) in [5, 5.41) is 12.7. The van der Waals surface area contributed by atoms with Crippen LogP contribution in [0.1, 0.15) is 27.8 Å². The Morgan fingerprint density at radius 3 is 2.55 bits per heavy atom. The molecule has 1 heterocycles. The monoisotopic (exact) mass is 274 g/mol. The summed E-state index contributed by atoms with van der Waals surface area (Å²) in [5.74, 6) is -0.714. The van der Waals surface area contributed by atoms with Crippen molar-refractivity contribution < 1.29 is 14.3 Å². The molecule has 0 saturated carbocycles. The molecule has 104 valence electrons. The number of hydrogen-bond donors (Lipinski definition) is 2. The number of aromatic amines is 1. The molecule has 0 saturated heterocycles. The van der Waals surface area contributed by atoms with Crippen LogP contribution in [0.5, 0.6) is 0 Å². The first kappa shape index (κ1) is 13.7. The molecule has 0 aliphatic carbocycles. The highest BCUT2D eigenvalue weighted by Gasteiger charge is 2.19. The molecule has 0 fully saturated rings. The van der Waals surface area contributed by atoms with Crippen LogP contribution in [-0.2, 0) is 4.74 Å². The van der Waals surface area contributed by atoms with E-state index in [1.165, 1.54) is 0 Å². The summed E-state index contributed by atoms with van der Waals surface area (Å²) in [6, 6.07) is 6.70. The summed E-state index contributed by atoms with van der Waals surface area (Å²) in [6.45, 7) is 1.98. The van der Waals surface area contributed by atoms with E-state index in [0.29, 0.717) is 16.8 Å². The molecular formula is C13H14N4O3. The Morgan fingerprint density at radius 1 is 1.25 bits per heavy atom. The molecule has 1 amide bonds. The van der Waals surface area contributed by atoms with Crippen LogP contribution in [0.2, 0.25) is 0 Å². The molecule has 2 aromatic rings. The second-order valence-corrected chi connectivity index (χ2v) is 3.90. The minimum absolute atomic E-state index is 0.125. The van der Waals surface area contributed by atoms with Crippen molar-refractivity contribution in [3.63, 3.8) is 0 Å². The molecule has 7 nitrogen and oxygen atoms in total. The molecule has 2 rings (SSSR count). The van der Waals surface area contributed by atoms with Crippen molar-refractivity contribution in [1.29, 1.82) is 0 Å². The van der Waals surface area contributed by atoms with Crippen LogP contribution in [0.15, 0.2) is 24.3 Å².